The van der Waals surface area contributed by atoms with Gasteiger partial charge in [-0.25, -0.2) is 0 Å². The van der Waals surface area contributed by atoms with Crippen molar-refractivity contribution >= 4 is 0 Å². The molecule has 2 rings (SSSR count). The second-order valence-electron chi connectivity index (χ2n) is 7.19. The molecule has 2 fully saturated rings. The molecule has 0 aromatic carbocycles. The first-order valence-electron chi connectivity index (χ1n) is 8.00. The Kier molecular flexibility index (Phi) is 4.71. The van der Waals surface area contributed by atoms with Crippen LogP contribution >= 0.6 is 0 Å². The third-order valence-electron chi connectivity index (χ3n) is 5.51. The van der Waals surface area contributed by atoms with Crippen molar-refractivity contribution in [1.29, 1.82) is 0 Å². The Bertz CT molecular complexity index is 248. The molecule has 2 unspecified atom stereocenters. The Hall–Kier alpha value is -0.0800. The first-order chi connectivity index (χ1) is 8.57. The summed E-state index contributed by atoms with van der Waals surface area (Å²) >= 11 is 0. The normalized spacial score (nSPS) is 39.2. The third kappa shape index (κ3) is 2.91. The Morgan fingerprint density at radius 1 is 1.06 bits per heavy atom. The lowest BCUT2D eigenvalue weighted by atomic mass is 9.70. The molecule has 2 saturated carbocycles. The topological polar surface area (TPSA) is 29.3 Å². The quantitative estimate of drug-likeness (QED) is 0.834. The Morgan fingerprint density at radius 2 is 1.61 bits per heavy atom. The molecular formula is C16H32N2. The molecule has 2 atom stereocenters. The van der Waals surface area contributed by atoms with Crippen molar-refractivity contribution in [1.82, 2.24) is 4.90 Å². The fraction of sp³-hybridized carbons (Fsp3) is 1.00. The van der Waals surface area contributed by atoms with Gasteiger partial charge in [0.2, 0.25) is 0 Å². The molecule has 0 bridgehead atoms. The largest absolute Gasteiger partial charge is 0.329 e. The number of likely N-dealkylation sites (N-methyl/N-ethyl adjacent to an activating group) is 1. The van der Waals surface area contributed by atoms with Gasteiger partial charge in [0.15, 0.2) is 0 Å². The summed E-state index contributed by atoms with van der Waals surface area (Å²) in [7, 11) is 2.35. The Labute approximate surface area is 113 Å². The van der Waals surface area contributed by atoms with Crippen LogP contribution in [0.1, 0.15) is 65.2 Å². The predicted octanol–water partition coefficient (Wildman–Crippen LogP) is 3.40. The molecule has 2 N–H and O–H groups in total. The molecule has 0 aromatic rings. The molecule has 0 aliphatic heterocycles. The summed E-state index contributed by atoms with van der Waals surface area (Å²) in [5.74, 6) is 1.67. The number of nitrogens with zero attached hydrogens (tertiary/aromatic N) is 1. The van der Waals surface area contributed by atoms with E-state index in [9.17, 15) is 0 Å². The van der Waals surface area contributed by atoms with Gasteiger partial charge in [-0.1, -0.05) is 33.1 Å². The maximum absolute atomic E-state index is 6.23. The second kappa shape index (κ2) is 5.92. The van der Waals surface area contributed by atoms with Crippen molar-refractivity contribution in [2.24, 2.45) is 17.6 Å². The molecule has 0 heterocycles. The zero-order valence-corrected chi connectivity index (χ0v) is 12.6. The van der Waals surface area contributed by atoms with Crippen molar-refractivity contribution in [3.8, 4) is 0 Å². The minimum Gasteiger partial charge on any atom is -0.329 e. The van der Waals surface area contributed by atoms with Gasteiger partial charge in [0, 0.05) is 18.1 Å². The Morgan fingerprint density at radius 3 is 2.11 bits per heavy atom. The molecule has 0 spiro atoms. The fourth-order valence-electron chi connectivity index (χ4n) is 4.69. The van der Waals surface area contributed by atoms with Crippen LogP contribution in [0, 0.1) is 11.8 Å². The summed E-state index contributed by atoms with van der Waals surface area (Å²) in [5.41, 5.74) is 6.52. The number of rotatable bonds is 3. The van der Waals surface area contributed by atoms with Crippen LogP contribution in [0.15, 0.2) is 0 Å². The lowest BCUT2D eigenvalue weighted by Crippen LogP contribution is -2.59. The lowest BCUT2D eigenvalue weighted by molar-refractivity contribution is -0.00170. The van der Waals surface area contributed by atoms with Crippen molar-refractivity contribution in [2.45, 2.75) is 76.8 Å². The van der Waals surface area contributed by atoms with Crippen LogP contribution in [0.3, 0.4) is 0 Å². The summed E-state index contributed by atoms with van der Waals surface area (Å²) in [5, 5.41) is 0. The van der Waals surface area contributed by atoms with E-state index in [4.69, 9.17) is 5.73 Å². The highest BCUT2D eigenvalue weighted by molar-refractivity contribution is 4.99. The van der Waals surface area contributed by atoms with Crippen molar-refractivity contribution in [3.05, 3.63) is 0 Å². The van der Waals surface area contributed by atoms with E-state index in [1.165, 1.54) is 51.4 Å². The molecule has 0 saturated heterocycles. The summed E-state index contributed by atoms with van der Waals surface area (Å²) < 4.78 is 0. The van der Waals surface area contributed by atoms with E-state index in [0.29, 0.717) is 5.54 Å². The van der Waals surface area contributed by atoms with Crippen LogP contribution in [-0.4, -0.2) is 30.1 Å². The highest BCUT2D eigenvalue weighted by Gasteiger charge is 2.42. The van der Waals surface area contributed by atoms with Gasteiger partial charge >= 0.3 is 0 Å². The van der Waals surface area contributed by atoms with Crippen LogP contribution in [0.4, 0.5) is 0 Å². The van der Waals surface area contributed by atoms with Gasteiger partial charge in [0.1, 0.15) is 0 Å². The average Bonchev–Trinajstić information content (AvgIpc) is 2.37. The zero-order valence-electron chi connectivity index (χ0n) is 12.6. The van der Waals surface area contributed by atoms with Gasteiger partial charge < -0.3 is 5.73 Å². The smallest absolute Gasteiger partial charge is 0.0336 e. The SMILES string of the molecule is CC1CC(C)CC(CN)(N(C)C2CCCCC2)C1. The highest BCUT2D eigenvalue weighted by Crippen LogP contribution is 2.41. The summed E-state index contributed by atoms with van der Waals surface area (Å²) in [6, 6.07) is 0.791. The van der Waals surface area contributed by atoms with E-state index < -0.39 is 0 Å². The number of hydrogen-bond donors (Lipinski definition) is 1. The van der Waals surface area contributed by atoms with Crippen LogP contribution in [0.5, 0.6) is 0 Å². The van der Waals surface area contributed by atoms with Gasteiger partial charge in [-0.05, 0) is 51.0 Å². The van der Waals surface area contributed by atoms with Crippen molar-refractivity contribution < 1.29 is 0 Å². The standard InChI is InChI=1S/C16H32N2/c1-13-9-14(2)11-16(10-13,12-17)18(3)15-7-5-4-6-8-15/h13-15H,4-12,17H2,1-3H3. The van der Waals surface area contributed by atoms with Crippen molar-refractivity contribution in [3.63, 3.8) is 0 Å². The molecule has 2 aliphatic rings. The lowest BCUT2D eigenvalue weighted by Gasteiger charge is -2.51. The number of nitrogens with two attached hydrogens (primary N) is 1. The molecule has 0 radical (unpaired) electrons. The maximum Gasteiger partial charge on any atom is 0.0336 e. The third-order valence-corrected chi connectivity index (χ3v) is 5.51. The molecule has 2 aliphatic carbocycles. The van der Waals surface area contributed by atoms with Gasteiger partial charge in [-0.2, -0.15) is 0 Å². The predicted molar refractivity (Wildman–Crippen MR) is 78.6 cm³/mol. The summed E-state index contributed by atoms with van der Waals surface area (Å²) in [6.45, 7) is 5.66. The van der Waals surface area contributed by atoms with E-state index >= 15 is 0 Å². The molecule has 106 valence electrons. The number of hydrogen-bond acceptors (Lipinski definition) is 2. The van der Waals surface area contributed by atoms with Crippen LogP contribution in [0.25, 0.3) is 0 Å². The van der Waals surface area contributed by atoms with Crippen LogP contribution in [-0.2, 0) is 0 Å². The van der Waals surface area contributed by atoms with E-state index in [-0.39, 0.29) is 0 Å². The van der Waals surface area contributed by atoms with E-state index in [0.717, 1.165) is 24.4 Å². The minimum atomic E-state index is 0.291. The first-order valence-corrected chi connectivity index (χ1v) is 8.00. The van der Waals surface area contributed by atoms with Gasteiger partial charge in [0.05, 0.1) is 0 Å². The van der Waals surface area contributed by atoms with Gasteiger partial charge in [-0.3, -0.25) is 4.90 Å². The van der Waals surface area contributed by atoms with Crippen molar-refractivity contribution in [2.75, 3.05) is 13.6 Å². The van der Waals surface area contributed by atoms with Gasteiger partial charge in [-0.15, -0.1) is 0 Å². The summed E-state index contributed by atoms with van der Waals surface area (Å²) in [6.07, 6.45) is 11.1. The second-order valence-corrected chi connectivity index (χ2v) is 7.19. The maximum atomic E-state index is 6.23. The van der Waals surface area contributed by atoms with Crippen LogP contribution < -0.4 is 5.73 Å². The zero-order chi connectivity index (χ0) is 13.2. The van der Waals surface area contributed by atoms with Crippen LogP contribution in [0.2, 0.25) is 0 Å². The molecule has 18 heavy (non-hydrogen) atoms. The molecular weight excluding hydrogens is 220 g/mol. The molecule has 0 amide bonds. The minimum absolute atomic E-state index is 0.291. The molecule has 2 nitrogen and oxygen atoms in total. The van der Waals surface area contributed by atoms with E-state index in [2.05, 4.69) is 25.8 Å². The summed E-state index contributed by atoms with van der Waals surface area (Å²) in [4.78, 5) is 2.69. The van der Waals surface area contributed by atoms with E-state index in [1.54, 1.807) is 0 Å². The average molecular weight is 252 g/mol. The first kappa shape index (κ1) is 14.3. The fourth-order valence-corrected chi connectivity index (χ4v) is 4.69. The Balaban J connectivity index is 2.09. The van der Waals surface area contributed by atoms with Gasteiger partial charge in [0.25, 0.3) is 0 Å². The molecule has 2 heteroatoms. The van der Waals surface area contributed by atoms with E-state index in [1.807, 2.05) is 0 Å². The monoisotopic (exact) mass is 252 g/mol. The highest BCUT2D eigenvalue weighted by atomic mass is 15.2. The molecule has 0 aromatic heterocycles.